The largest absolute Gasteiger partial charge is 0.449 e. The van der Waals surface area contributed by atoms with Gasteiger partial charge in [-0.25, -0.2) is 4.79 Å². The number of carbonyl (C=O) groups is 2. The lowest BCUT2D eigenvalue weighted by atomic mass is 9.76. The van der Waals surface area contributed by atoms with Gasteiger partial charge in [-0.1, -0.05) is 30.3 Å². The molecule has 146 valence electrons. The maximum Gasteiger partial charge on any atom is 0.341 e. The topological polar surface area (TPSA) is 97.0 Å². The third kappa shape index (κ3) is 2.99. The Labute approximate surface area is 167 Å². The molecule has 0 saturated heterocycles. The maximum absolute atomic E-state index is 12.9. The number of fused-ring (bicyclic) bond motifs is 2. The first-order chi connectivity index (χ1) is 14.2. The van der Waals surface area contributed by atoms with Gasteiger partial charge in [-0.2, -0.15) is 5.10 Å². The van der Waals surface area contributed by atoms with E-state index in [1.807, 2.05) is 30.3 Å². The van der Waals surface area contributed by atoms with Crippen molar-refractivity contribution in [2.75, 3.05) is 5.32 Å². The van der Waals surface area contributed by atoms with E-state index >= 15 is 0 Å². The zero-order valence-corrected chi connectivity index (χ0v) is 15.7. The van der Waals surface area contributed by atoms with Crippen LogP contribution >= 0.6 is 0 Å². The second-order valence-electron chi connectivity index (χ2n) is 7.57. The Morgan fingerprint density at radius 3 is 2.72 bits per heavy atom. The van der Waals surface area contributed by atoms with Crippen LogP contribution in [0.2, 0.25) is 0 Å². The van der Waals surface area contributed by atoms with Crippen LogP contribution in [-0.4, -0.2) is 27.1 Å². The van der Waals surface area contributed by atoms with Gasteiger partial charge in [0.1, 0.15) is 0 Å². The van der Waals surface area contributed by atoms with E-state index in [1.54, 1.807) is 24.5 Å². The quantitative estimate of drug-likeness (QED) is 0.668. The Hall–Kier alpha value is -3.48. The molecule has 1 spiro atoms. The number of esters is 1. The molecular weight excluding hydrogens is 368 g/mol. The highest BCUT2D eigenvalue weighted by atomic mass is 16.6. The Kier molecular flexibility index (Phi) is 4.16. The summed E-state index contributed by atoms with van der Waals surface area (Å²) in [5, 5.41) is 10.0. The molecule has 5 rings (SSSR count). The van der Waals surface area contributed by atoms with E-state index in [0.717, 1.165) is 11.3 Å². The summed E-state index contributed by atoms with van der Waals surface area (Å²) in [5.41, 5.74) is 2.99. The Morgan fingerprint density at radius 2 is 1.93 bits per heavy atom. The van der Waals surface area contributed by atoms with Crippen LogP contribution in [0, 0.1) is 5.92 Å². The predicted octanol–water partition coefficient (Wildman–Crippen LogP) is 3.67. The lowest BCUT2D eigenvalue weighted by molar-refractivity contribution is -0.122. The Bertz CT molecular complexity index is 1070. The number of hydrogen-bond donors (Lipinski definition) is 2. The fourth-order valence-corrected chi connectivity index (χ4v) is 4.34. The van der Waals surface area contributed by atoms with Crippen LogP contribution in [0.25, 0.3) is 11.3 Å². The molecule has 29 heavy (non-hydrogen) atoms. The third-order valence-corrected chi connectivity index (χ3v) is 5.87. The van der Waals surface area contributed by atoms with Crippen LogP contribution in [0.4, 0.5) is 5.69 Å². The fourth-order valence-electron chi connectivity index (χ4n) is 4.34. The van der Waals surface area contributed by atoms with Gasteiger partial charge in [0, 0.05) is 17.7 Å². The van der Waals surface area contributed by atoms with Crippen molar-refractivity contribution >= 4 is 17.6 Å². The molecule has 0 atom stereocenters. The van der Waals surface area contributed by atoms with Crippen molar-refractivity contribution in [1.82, 2.24) is 15.2 Å². The predicted molar refractivity (Wildman–Crippen MR) is 106 cm³/mol. The number of nitrogens with one attached hydrogen (secondary N) is 2. The van der Waals surface area contributed by atoms with E-state index in [1.165, 1.54) is 0 Å². The van der Waals surface area contributed by atoms with Gasteiger partial charge in [0.25, 0.3) is 0 Å². The lowest BCUT2D eigenvalue weighted by Gasteiger charge is -2.35. The number of carbonyl (C=O) groups excluding carboxylic acids is 2. The van der Waals surface area contributed by atoms with Crippen molar-refractivity contribution in [3.05, 3.63) is 66.1 Å². The minimum Gasteiger partial charge on any atom is -0.449 e. The zero-order chi connectivity index (χ0) is 19.8. The van der Waals surface area contributed by atoms with Crippen LogP contribution in [0.1, 0.15) is 41.7 Å². The average Bonchev–Trinajstić information content (AvgIpc) is 3.32. The number of benzene rings is 1. The van der Waals surface area contributed by atoms with Crippen LogP contribution in [-0.2, 0) is 15.1 Å². The smallest absolute Gasteiger partial charge is 0.341 e. The summed E-state index contributed by atoms with van der Waals surface area (Å²) in [4.78, 5) is 29.5. The molecule has 1 aliphatic heterocycles. The molecule has 3 aromatic rings. The summed E-state index contributed by atoms with van der Waals surface area (Å²) in [6.07, 6.45) is 5.77. The van der Waals surface area contributed by atoms with Gasteiger partial charge in [0.2, 0.25) is 5.91 Å². The first-order valence-corrected chi connectivity index (χ1v) is 9.75. The van der Waals surface area contributed by atoms with Crippen LogP contribution < -0.4 is 5.32 Å². The number of aromatic nitrogens is 3. The second-order valence-corrected chi connectivity index (χ2v) is 7.57. The molecule has 1 aliphatic carbocycles. The molecule has 0 radical (unpaired) electrons. The standard InChI is InChI=1S/C22H20N4O3/c27-20(25-17-13-24-26-18(17)14-5-2-1-3-6-14)15-8-10-22(11-9-15)19-16(21(28)29-22)7-4-12-23-19/h1-7,12-13,15H,8-11H2,(H,24,26)(H,25,27). The van der Waals surface area contributed by atoms with E-state index in [0.29, 0.717) is 42.6 Å². The zero-order valence-electron chi connectivity index (χ0n) is 15.7. The van der Waals surface area contributed by atoms with Crippen LogP contribution in [0.15, 0.2) is 54.9 Å². The van der Waals surface area contributed by atoms with Crippen molar-refractivity contribution in [2.45, 2.75) is 31.3 Å². The molecule has 0 bridgehead atoms. The average molecular weight is 388 g/mol. The Morgan fingerprint density at radius 1 is 1.14 bits per heavy atom. The second kappa shape index (κ2) is 6.84. The van der Waals surface area contributed by atoms with Gasteiger partial charge in [0.05, 0.1) is 28.8 Å². The fraction of sp³-hybridized carbons (Fsp3) is 0.273. The molecule has 1 aromatic carbocycles. The summed E-state index contributed by atoms with van der Waals surface area (Å²) in [6, 6.07) is 13.3. The van der Waals surface area contributed by atoms with Gasteiger partial charge in [-0.05, 0) is 37.8 Å². The number of aromatic amines is 1. The van der Waals surface area contributed by atoms with E-state index in [4.69, 9.17) is 4.74 Å². The highest BCUT2D eigenvalue weighted by molar-refractivity contribution is 5.96. The molecule has 1 fully saturated rings. The summed E-state index contributed by atoms with van der Waals surface area (Å²) >= 11 is 0. The summed E-state index contributed by atoms with van der Waals surface area (Å²) in [5.74, 6) is -0.503. The molecule has 2 N–H and O–H groups in total. The van der Waals surface area contributed by atoms with Gasteiger partial charge < -0.3 is 10.1 Å². The molecule has 7 nitrogen and oxygen atoms in total. The molecule has 3 heterocycles. The normalized spacial score (nSPS) is 22.9. The minimum atomic E-state index is -0.685. The molecule has 2 aromatic heterocycles. The molecular formula is C22H20N4O3. The maximum atomic E-state index is 12.9. The number of nitrogens with zero attached hydrogens (tertiary/aromatic N) is 2. The first-order valence-electron chi connectivity index (χ1n) is 9.75. The Balaban J connectivity index is 1.29. The van der Waals surface area contributed by atoms with Crippen molar-refractivity contribution in [3.63, 3.8) is 0 Å². The van der Waals surface area contributed by atoms with E-state index in [9.17, 15) is 9.59 Å². The van der Waals surface area contributed by atoms with E-state index in [2.05, 4.69) is 20.5 Å². The van der Waals surface area contributed by atoms with Gasteiger partial charge in [-0.3, -0.25) is 14.9 Å². The van der Waals surface area contributed by atoms with Gasteiger partial charge in [0.15, 0.2) is 5.60 Å². The van der Waals surface area contributed by atoms with Crippen molar-refractivity contribution in [3.8, 4) is 11.3 Å². The summed E-state index contributed by atoms with van der Waals surface area (Å²) < 4.78 is 5.72. The SMILES string of the molecule is O=C1OC2(CCC(C(=O)Nc3cn[nH]c3-c3ccccc3)CC2)c2ncccc21. The number of ether oxygens (including phenoxy) is 1. The van der Waals surface area contributed by atoms with E-state index < -0.39 is 5.60 Å². The highest BCUT2D eigenvalue weighted by Gasteiger charge is 2.49. The highest BCUT2D eigenvalue weighted by Crippen LogP contribution is 2.47. The molecule has 1 amide bonds. The molecule has 0 unspecified atom stereocenters. The van der Waals surface area contributed by atoms with Gasteiger partial charge in [-0.15, -0.1) is 0 Å². The lowest BCUT2D eigenvalue weighted by Crippen LogP contribution is -2.36. The van der Waals surface area contributed by atoms with Crippen LogP contribution in [0.3, 0.4) is 0 Å². The van der Waals surface area contributed by atoms with Gasteiger partial charge >= 0.3 is 5.97 Å². The first kappa shape index (κ1) is 17.6. The van der Waals surface area contributed by atoms with Crippen molar-refractivity contribution < 1.29 is 14.3 Å². The minimum absolute atomic E-state index is 0.0380. The number of pyridine rings is 1. The third-order valence-electron chi connectivity index (χ3n) is 5.87. The molecule has 2 aliphatic rings. The van der Waals surface area contributed by atoms with Crippen LogP contribution in [0.5, 0.6) is 0 Å². The summed E-state index contributed by atoms with van der Waals surface area (Å²) in [7, 11) is 0. The number of anilines is 1. The number of rotatable bonds is 3. The number of hydrogen-bond acceptors (Lipinski definition) is 5. The molecule has 7 heteroatoms. The molecule has 1 saturated carbocycles. The van der Waals surface area contributed by atoms with Crippen molar-refractivity contribution in [2.24, 2.45) is 5.92 Å². The van der Waals surface area contributed by atoms with E-state index in [-0.39, 0.29) is 17.8 Å². The summed E-state index contributed by atoms with van der Waals surface area (Å²) in [6.45, 7) is 0. The number of amides is 1. The van der Waals surface area contributed by atoms with Crippen molar-refractivity contribution in [1.29, 1.82) is 0 Å². The monoisotopic (exact) mass is 388 g/mol. The number of H-pyrrole nitrogens is 1.